The fourth-order valence-corrected chi connectivity index (χ4v) is 4.33. The van der Waals surface area contributed by atoms with E-state index in [4.69, 9.17) is 0 Å². The lowest BCUT2D eigenvalue weighted by molar-refractivity contribution is -0.304. The summed E-state index contributed by atoms with van der Waals surface area (Å²) < 4.78 is 0. The third-order valence-electron chi connectivity index (χ3n) is 6.42. The van der Waals surface area contributed by atoms with Crippen molar-refractivity contribution in [1.82, 2.24) is 0 Å². The molecule has 0 radical (unpaired) electrons. The van der Waals surface area contributed by atoms with Gasteiger partial charge in [0.1, 0.15) is 0 Å². The second-order valence-corrected chi connectivity index (χ2v) is 9.40. The maximum Gasteiger partial charge on any atom is 0.0678 e. The molecule has 0 aliphatic carbocycles. The van der Waals surface area contributed by atoms with Gasteiger partial charge in [-0.15, -0.1) is 0 Å². The van der Waals surface area contributed by atoms with E-state index in [0.29, 0.717) is 12.8 Å². The summed E-state index contributed by atoms with van der Waals surface area (Å²) in [5.74, 6) is -2.68. The highest BCUT2D eigenvalue weighted by atomic mass is 16.4. The molecule has 0 fully saturated rings. The van der Waals surface area contributed by atoms with Crippen molar-refractivity contribution in [2.24, 2.45) is 0 Å². The number of hydrogen-bond donors (Lipinski definition) is 0. The number of rotatable bonds is 24. The maximum absolute atomic E-state index is 11.6. The SMILES string of the molecule is CCCCCCCCCCCC/C(C(=O)[O-])=C(\CCCCCCCCCCCC)C(=O)[O-]. The number of unbranched alkanes of at least 4 members (excludes halogenated alkanes) is 18. The van der Waals surface area contributed by atoms with Crippen LogP contribution in [0.15, 0.2) is 11.1 Å². The van der Waals surface area contributed by atoms with Gasteiger partial charge in [-0.3, -0.25) is 0 Å². The van der Waals surface area contributed by atoms with Gasteiger partial charge in [-0.1, -0.05) is 129 Å². The molecular weight excluding hydrogens is 400 g/mol. The molecule has 0 bridgehead atoms. The predicted octanol–water partition coefficient (Wildman–Crippen LogP) is 6.40. The minimum absolute atomic E-state index is 0.0412. The second-order valence-electron chi connectivity index (χ2n) is 9.40. The lowest BCUT2D eigenvalue weighted by Crippen LogP contribution is -2.32. The number of hydrogen-bond acceptors (Lipinski definition) is 4. The molecule has 0 rings (SSSR count). The van der Waals surface area contributed by atoms with Crippen LogP contribution in [0.5, 0.6) is 0 Å². The zero-order valence-corrected chi connectivity index (χ0v) is 21.2. The maximum atomic E-state index is 11.6. The smallest absolute Gasteiger partial charge is 0.0678 e. The molecule has 0 saturated carbocycles. The first-order chi connectivity index (χ1) is 15.5. The summed E-state index contributed by atoms with van der Waals surface area (Å²) in [7, 11) is 0. The van der Waals surface area contributed by atoms with E-state index in [0.717, 1.165) is 25.7 Å². The highest BCUT2D eigenvalue weighted by Gasteiger charge is 2.10. The van der Waals surface area contributed by atoms with Crippen LogP contribution in [0.25, 0.3) is 0 Å². The van der Waals surface area contributed by atoms with E-state index in [1.807, 2.05) is 0 Å². The van der Waals surface area contributed by atoms with E-state index in [9.17, 15) is 19.8 Å². The van der Waals surface area contributed by atoms with E-state index in [2.05, 4.69) is 13.8 Å². The molecule has 0 spiro atoms. The first-order valence-corrected chi connectivity index (χ1v) is 13.7. The summed E-state index contributed by atoms with van der Waals surface area (Å²) in [6.45, 7) is 4.44. The van der Waals surface area contributed by atoms with E-state index < -0.39 is 11.9 Å². The fraction of sp³-hybridized carbons (Fsp3) is 0.857. The van der Waals surface area contributed by atoms with Gasteiger partial charge in [-0.05, 0) is 36.8 Å². The molecule has 4 nitrogen and oxygen atoms in total. The second kappa shape index (κ2) is 22.9. The summed E-state index contributed by atoms with van der Waals surface area (Å²) in [5.41, 5.74) is -0.0824. The Morgan fingerprint density at radius 1 is 0.406 bits per heavy atom. The quantitative estimate of drug-likeness (QED) is 0.126. The van der Waals surface area contributed by atoms with E-state index in [1.54, 1.807) is 0 Å². The number of carbonyl (C=O) groups excluding carboxylic acids is 2. The average Bonchev–Trinajstić information content (AvgIpc) is 2.76. The van der Waals surface area contributed by atoms with Crippen molar-refractivity contribution in [2.45, 2.75) is 155 Å². The molecular formula is C28H50O4-2. The number of carboxylic acids is 2. The lowest BCUT2D eigenvalue weighted by Gasteiger charge is -2.17. The van der Waals surface area contributed by atoms with Gasteiger partial charge in [-0.2, -0.15) is 0 Å². The Hall–Kier alpha value is -1.32. The van der Waals surface area contributed by atoms with Crippen LogP contribution in [0.2, 0.25) is 0 Å². The minimum Gasteiger partial charge on any atom is -0.545 e. The van der Waals surface area contributed by atoms with Crippen molar-refractivity contribution in [3.05, 3.63) is 11.1 Å². The van der Waals surface area contributed by atoms with Crippen LogP contribution in [0.1, 0.15) is 155 Å². The molecule has 0 unspecified atom stereocenters. The molecule has 0 aliphatic heterocycles. The Labute approximate surface area is 198 Å². The summed E-state index contributed by atoms with van der Waals surface area (Å²) in [5, 5.41) is 23.1. The molecule has 0 saturated heterocycles. The van der Waals surface area contributed by atoms with Crippen molar-refractivity contribution in [3.63, 3.8) is 0 Å². The molecule has 188 valence electrons. The Bertz CT molecular complexity index is 452. The summed E-state index contributed by atoms with van der Waals surface area (Å²) in [6, 6.07) is 0. The van der Waals surface area contributed by atoms with Crippen LogP contribution >= 0.6 is 0 Å². The van der Waals surface area contributed by atoms with Crippen LogP contribution in [0.3, 0.4) is 0 Å². The molecule has 0 aromatic carbocycles. The zero-order chi connectivity index (χ0) is 23.9. The van der Waals surface area contributed by atoms with Crippen LogP contribution in [-0.4, -0.2) is 11.9 Å². The van der Waals surface area contributed by atoms with Gasteiger partial charge < -0.3 is 19.8 Å². The first-order valence-electron chi connectivity index (χ1n) is 13.7. The summed E-state index contributed by atoms with van der Waals surface area (Å²) in [6.07, 6.45) is 23.8. The molecule has 0 atom stereocenters. The molecule has 0 amide bonds. The highest BCUT2D eigenvalue weighted by molar-refractivity contribution is 5.97. The first kappa shape index (κ1) is 30.7. The monoisotopic (exact) mass is 450 g/mol. The molecule has 32 heavy (non-hydrogen) atoms. The molecule has 0 aromatic rings. The Morgan fingerprint density at radius 2 is 0.625 bits per heavy atom. The number of carboxylic acid groups (broad SMARTS) is 2. The van der Waals surface area contributed by atoms with E-state index in [1.165, 1.54) is 89.9 Å². The van der Waals surface area contributed by atoms with Crippen LogP contribution in [0, 0.1) is 0 Å². The third kappa shape index (κ3) is 18.3. The Balaban J connectivity index is 4.11. The Morgan fingerprint density at radius 3 is 0.844 bits per heavy atom. The van der Waals surface area contributed by atoms with Gasteiger partial charge in [0.25, 0.3) is 0 Å². The van der Waals surface area contributed by atoms with E-state index >= 15 is 0 Å². The largest absolute Gasteiger partial charge is 0.545 e. The molecule has 4 heteroatoms. The third-order valence-corrected chi connectivity index (χ3v) is 6.42. The van der Waals surface area contributed by atoms with Gasteiger partial charge in [0, 0.05) is 0 Å². The van der Waals surface area contributed by atoms with E-state index in [-0.39, 0.29) is 24.0 Å². The summed E-state index contributed by atoms with van der Waals surface area (Å²) in [4.78, 5) is 23.1. The predicted molar refractivity (Wildman–Crippen MR) is 130 cm³/mol. The van der Waals surface area contributed by atoms with Crippen molar-refractivity contribution in [1.29, 1.82) is 0 Å². The van der Waals surface area contributed by atoms with Gasteiger partial charge in [0.05, 0.1) is 11.9 Å². The highest BCUT2D eigenvalue weighted by Crippen LogP contribution is 2.20. The van der Waals surface area contributed by atoms with Crippen molar-refractivity contribution < 1.29 is 19.8 Å². The van der Waals surface area contributed by atoms with Crippen molar-refractivity contribution in [3.8, 4) is 0 Å². The molecule has 0 aliphatic rings. The fourth-order valence-electron chi connectivity index (χ4n) is 4.33. The van der Waals surface area contributed by atoms with Crippen molar-refractivity contribution >= 4 is 11.9 Å². The Kier molecular flexibility index (Phi) is 21.9. The molecule has 0 heterocycles. The van der Waals surface area contributed by atoms with Crippen LogP contribution < -0.4 is 10.2 Å². The summed E-state index contributed by atoms with van der Waals surface area (Å²) >= 11 is 0. The molecule has 0 aromatic heterocycles. The topological polar surface area (TPSA) is 80.3 Å². The van der Waals surface area contributed by atoms with Crippen LogP contribution in [0.4, 0.5) is 0 Å². The van der Waals surface area contributed by atoms with Crippen LogP contribution in [-0.2, 0) is 9.59 Å². The standard InChI is InChI=1S/C28H52O4/c1-3-5-7-9-11-13-15-17-19-21-23-25(27(29)30)26(28(31)32)24-22-20-18-16-14-12-10-8-6-4-2/h3-24H2,1-2H3,(H,29,30)(H,31,32)/p-2/b26-25-. The van der Waals surface area contributed by atoms with Gasteiger partial charge in [0.15, 0.2) is 0 Å². The lowest BCUT2D eigenvalue weighted by atomic mass is 9.96. The number of carbonyl (C=O) groups is 2. The van der Waals surface area contributed by atoms with Gasteiger partial charge in [0.2, 0.25) is 0 Å². The average molecular weight is 451 g/mol. The van der Waals surface area contributed by atoms with Gasteiger partial charge in [-0.25, -0.2) is 0 Å². The normalized spacial score (nSPS) is 12.1. The molecule has 0 N–H and O–H groups in total. The number of aliphatic carboxylic acids is 2. The van der Waals surface area contributed by atoms with Gasteiger partial charge >= 0.3 is 0 Å². The van der Waals surface area contributed by atoms with Crippen molar-refractivity contribution in [2.75, 3.05) is 0 Å². The zero-order valence-electron chi connectivity index (χ0n) is 21.2. The minimum atomic E-state index is -1.34.